The first kappa shape index (κ1) is 21.1. The molecule has 2 aromatic rings. The van der Waals surface area contributed by atoms with Crippen LogP contribution >= 0.6 is 11.3 Å². The highest BCUT2D eigenvalue weighted by Gasteiger charge is 2.22. The van der Waals surface area contributed by atoms with Gasteiger partial charge in [-0.25, -0.2) is 0 Å². The fourth-order valence-electron chi connectivity index (χ4n) is 3.16. The number of aromatic amines is 1. The molecule has 156 valence electrons. The van der Waals surface area contributed by atoms with E-state index in [1.54, 1.807) is 4.90 Å². The number of hydrogen-bond acceptors (Lipinski definition) is 7. The minimum atomic E-state index is -0.308. The normalized spacial score (nSPS) is 14.9. The summed E-state index contributed by atoms with van der Waals surface area (Å²) in [5, 5.41) is 12.9. The fourth-order valence-corrected chi connectivity index (χ4v) is 3.82. The van der Waals surface area contributed by atoms with Crippen LogP contribution in [0.25, 0.3) is 10.7 Å². The van der Waals surface area contributed by atoms with E-state index in [2.05, 4.69) is 20.5 Å². The van der Waals surface area contributed by atoms with Crippen LogP contribution in [0.1, 0.15) is 26.0 Å². The molecule has 0 atom stereocenters. The maximum Gasteiger partial charge on any atom is 0.273 e. The summed E-state index contributed by atoms with van der Waals surface area (Å²) in [6.07, 6.45) is 0.465. The zero-order valence-corrected chi connectivity index (χ0v) is 17.5. The van der Waals surface area contributed by atoms with Gasteiger partial charge in [0.1, 0.15) is 5.69 Å². The van der Waals surface area contributed by atoms with E-state index >= 15 is 0 Å². The molecule has 2 amide bonds. The van der Waals surface area contributed by atoms with Crippen molar-refractivity contribution >= 4 is 23.2 Å². The van der Waals surface area contributed by atoms with Crippen LogP contribution in [0.5, 0.6) is 0 Å². The number of nitrogens with one attached hydrogen (secondary N) is 2. The van der Waals surface area contributed by atoms with Crippen LogP contribution in [0.3, 0.4) is 0 Å². The maximum atomic E-state index is 12.5. The Kier molecular flexibility index (Phi) is 7.10. The van der Waals surface area contributed by atoms with Crippen molar-refractivity contribution in [1.29, 1.82) is 0 Å². The van der Waals surface area contributed by atoms with E-state index in [-0.39, 0.29) is 42.0 Å². The Morgan fingerprint density at radius 1 is 1.24 bits per heavy atom. The second-order valence-electron chi connectivity index (χ2n) is 7.31. The molecule has 1 fully saturated rings. The van der Waals surface area contributed by atoms with Gasteiger partial charge in [0.15, 0.2) is 5.82 Å². The summed E-state index contributed by atoms with van der Waals surface area (Å²) in [4.78, 5) is 43.9. The lowest BCUT2D eigenvalue weighted by Crippen LogP contribution is -2.51. The second-order valence-corrected chi connectivity index (χ2v) is 8.25. The SMILES string of the molecule is CC(C)NC(=O)CN1CCN(C(=O)CCc2nnc(-c3cccs3)[nH]c2=O)CC1. The molecule has 1 saturated heterocycles. The molecule has 10 heteroatoms. The van der Waals surface area contributed by atoms with Crippen LogP contribution in [0.2, 0.25) is 0 Å². The number of piperazine rings is 1. The number of H-pyrrole nitrogens is 1. The van der Waals surface area contributed by atoms with E-state index in [1.165, 1.54) is 11.3 Å². The Morgan fingerprint density at radius 3 is 2.62 bits per heavy atom. The van der Waals surface area contributed by atoms with Gasteiger partial charge in [0.25, 0.3) is 5.56 Å². The van der Waals surface area contributed by atoms with Crippen molar-refractivity contribution in [2.24, 2.45) is 0 Å². The summed E-state index contributed by atoms with van der Waals surface area (Å²) >= 11 is 1.47. The zero-order chi connectivity index (χ0) is 20.8. The number of carbonyl (C=O) groups excluding carboxylic acids is 2. The topological polar surface area (TPSA) is 111 Å². The van der Waals surface area contributed by atoms with Crippen molar-refractivity contribution in [2.75, 3.05) is 32.7 Å². The van der Waals surface area contributed by atoms with E-state index in [0.717, 1.165) is 4.88 Å². The summed E-state index contributed by atoms with van der Waals surface area (Å²) in [5.74, 6) is 0.432. The van der Waals surface area contributed by atoms with Gasteiger partial charge in [-0.3, -0.25) is 19.3 Å². The predicted molar refractivity (Wildman–Crippen MR) is 111 cm³/mol. The van der Waals surface area contributed by atoms with E-state index in [9.17, 15) is 14.4 Å². The Morgan fingerprint density at radius 2 is 2.00 bits per heavy atom. The van der Waals surface area contributed by atoms with Crippen LogP contribution in [0.15, 0.2) is 22.3 Å². The maximum absolute atomic E-state index is 12.5. The highest BCUT2D eigenvalue weighted by molar-refractivity contribution is 7.13. The number of nitrogens with zero attached hydrogens (tertiary/aromatic N) is 4. The highest BCUT2D eigenvalue weighted by atomic mass is 32.1. The molecule has 1 aliphatic heterocycles. The van der Waals surface area contributed by atoms with Gasteiger partial charge in [-0.2, -0.15) is 0 Å². The molecule has 29 heavy (non-hydrogen) atoms. The summed E-state index contributed by atoms with van der Waals surface area (Å²) in [7, 11) is 0. The van der Waals surface area contributed by atoms with Crippen molar-refractivity contribution < 1.29 is 9.59 Å². The first-order valence-corrected chi connectivity index (χ1v) is 10.6. The molecule has 3 heterocycles. The number of aryl methyl sites for hydroxylation is 1. The van der Waals surface area contributed by atoms with Crippen LogP contribution in [-0.4, -0.2) is 75.6 Å². The molecule has 3 rings (SSSR count). The van der Waals surface area contributed by atoms with Crippen molar-refractivity contribution in [3.8, 4) is 10.7 Å². The third-order valence-corrected chi connectivity index (χ3v) is 5.51. The van der Waals surface area contributed by atoms with Gasteiger partial charge >= 0.3 is 0 Å². The van der Waals surface area contributed by atoms with Gasteiger partial charge in [-0.05, 0) is 25.3 Å². The minimum absolute atomic E-state index is 0.00331. The van der Waals surface area contributed by atoms with E-state index < -0.39 is 0 Å². The monoisotopic (exact) mass is 418 g/mol. The molecule has 0 unspecified atom stereocenters. The molecule has 2 N–H and O–H groups in total. The highest BCUT2D eigenvalue weighted by Crippen LogP contribution is 2.18. The number of amides is 2. The number of aromatic nitrogens is 3. The molecule has 1 aliphatic rings. The largest absolute Gasteiger partial charge is 0.353 e. The molecule has 0 saturated carbocycles. The molecule has 0 radical (unpaired) electrons. The second kappa shape index (κ2) is 9.75. The van der Waals surface area contributed by atoms with Gasteiger partial charge in [0.05, 0.1) is 11.4 Å². The average molecular weight is 419 g/mol. The summed E-state index contributed by atoms with van der Waals surface area (Å²) in [6.45, 7) is 6.68. The van der Waals surface area contributed by atoms with Crippen LogP contribution in [0, 0.1) is 0 Å². The summed E-state index contributed by atoms with van der Waals surface area (Å²) in [5.41, 5.74) is -0.0418. The van der Waals surface area contributed by atoms with Crippen molar-refractivity contribution in [3.05, 3.63) is 33.6 Å². The Bertz CT molecular complexity index is 888. The number of hydrogen-bond donors (Lipinski definition) is 2. The number of thiophene rings is 1. The molecule has 0 aliphatic carbocycles. The molecular formula is C19H26N6O3S. The van der Waals surface area contributed by atoms with E-state index in [4.69, 9.17) is 0 Å². The van der Waals surface area contributed by atoms with Gasteiger partial charge in [0, 0.05) is 45.1 Å². The Labute approximate surface area is 173 Å². The standard InChI is InChI=1S/C19H26N6O3S/c1-13(2)20-16(26)12-24-7-9-25(10-8-24)17(27)6-5-14-19(28)21-18(23-22-14)15-4-3-11-29-15/h3-4,11,13H,5-10,12H2,1-2H3,(H,20,26)(H,21,23,28). The third kappa shape index (κ3) is 5.94. The van der Waals surface area contributed by atoms with Gasteiger partial charge in [0.2, 0.25) is 11.8 Å². The Hall–Kier alpha value is -2.59. The lowest BCUT2D eigenvalue weighted by atomic mass is 10.2. The van der Waals surface area contributed by atoms with Gasteiger partial charge in [-0.1, -0.05) is 6.07 Å². The average Bonchev–Trinajstić information content (AvgIpc) is 3.21. The van der Waals surface area contributed by atoms with Crippen molar-refractivity contribution in [1.82, 2.24) is 30.3 Å². The molecule has 0 bridgehead atoms. The van der Waals surface area contributed by atoms with Gasteiger partial charge in [-0.15, -0.1) is 21.5 Å². The molecule has 9 nitrogen and oxygen atoms in total. The first-order chi connectivity index (χ1) is 13.9. The van der Waals surface area contributed by atoms with Crippen molar-refractivity contribution in [3.63, 3.8) is 0 Å². The van der Waals surface area contributed by atoms with E-state index in [0.29, 0.717) is 38.5 Å². The molecule has 0 spiro atoms. The summed E-state index contributed by atoms with van der Waals surface area (Å²) in [6, 6.07) is 3.86. The van der Waals surface area contributed by atoms with Crippen LogP contribution in [0.4, 0.5) is 0 Å². The minimum Gasteiger partial charge on any atom is -0.353 e. The number of carbonyl (C=O) groups is 2. The molecule has 2 aromatic heterocycles. The molecule has 0 aromatic carbocycles. The fraction of sp³-hybridized carbons (Fsp3) is 0.526. The summed E-state index contributed by atoms with van der Waals surface area (Å²) < 4.78 is 0. The number of rotatable bonds is 7. The van der Waals surface area contributed by atoms with Crippen LogP contribution < -0.4 is 10.9 Å². The van der Waals surface area contributed by atoms with E-state index in [1.807, 2.05) is 36.3 Å². The lowest BCUT2D eigenvalue weighted by molar-refractivity contribution is -0.133. The molecular weight excluding hydrogens is 392 g/mol. The smallest absolute Gasteiger partial charge is 0.273 e. The lowest BCUT2D eigenvalue weighted by Gasteiger charge is -2.34. The quantitative estimate of drug-likeness (QED) is 0.677. The van der Waals surface area contributed by atoms with Gasteiger partial charge < -0.3 is 15.2 Å². The van der Waals surface area contributed by atoms with Crippen LogP contribution in [-0.2, 0) is 16.0 Å². The third-order valence-electron chi connectivity index (χ3n) is 4.64. The first-order valence-electron chi connectivity index (χ1n) is 9.71. The predicted octanol–water partition coefficient (Wildman–Crippen LogP) is 0.495. The Balaban J connectivity index is 1.46. The zero-order valence-electron chi connectivity index (χ0n) is 16.7. The van der Waals surface area contributed by atoms with Crippen molar-refractivity contribution in [2.45, 2.75) is 32.7 Å².